The van der Waals surface area contributed by atoms with Crippen LogP contribution >= 0.6 is 0 Å². The van der Waals surface area contributed by atoms with E-state index in [0.717, 1.165) is 12.1 Å². The predicted octanol–water partition coefficient (Wildman–Crippen LogP) is -0.316. The van der Waals surface area contributed by atoms with Gasteiger partial charge in [0.1, 0.15) is 21.4 Å². The summed E-state index contributed by atoms with van der Waals surface area (Å²) in [6, 6.07) is -0.708. The number of aryl methyl sites for hydroxylation is 2. The van der Waals surface area contributed by atoms with Gasteiger partial charge in [0.25, 0.3) is 0 Å². The van der Waals surface area contributed by atoms with Gasteiger partial charge < -0.3 is 10.3 Å². The highest BCUT2D eigenvalue weighted by atomic mass is 32.2. The average Bonchev–Trinajstić information content (AvgIpc) is 2.67. The molecule has 102 valence electrons. The zero-order valence-corrected chi connectivity index (χ0v) is 11.5. The van der Waals surface area contributed by atoms with Gasteiger partial charge in [-0.1, -0.05) is 0 Å². The second-order valence-electron chi connectivity index (χ2n) is 4.45. The quantitative estimate of drug-likeness (QED) is 0.735. The van der Waals surface area contributed by atoms with Crippen LogP contribution in [0, 0.1) is 0 Å². The van der Waals surface area contributed by atoms with Crippen molar-refractivity contribution in [3.8, 4) is 0 Å². The largest absolute Gasteiger partial charge is 0.338 e. The second-order valence-corrected chi connectivity index (χ2v) is 6.71. The van der Waals surface area contributed by atoms with Crippen LogP contribution in [0.3, 0.4) is 0 Å². The number of carbonyl (C=O) groups excluding carboxylic acids is 1. The molecule has 6 nitrogen and oxygen atoms in total. The highest BCUT2D eigenvalue weighted by Crippen LogP contribution is 2.03. The number of ketones is 1. The molecule has 0 radical (unpaired) electrons. The molecule has 0 aliphatic heterocycles. The van der Waals surface area contributed by atoms with Gasteiger partial charge in [-0.25, -0.2) is 13.4 Å². The zero-order chi connectivity index (χ0) is 13.8. The Kier molecular flexibility index (Phi) is 5.03. The van der Waals surface area contributed by atoms with E-state index in [1.165, 1.54) is 0 Å². The summed E-state index contributed by atoms with van der Waals surface area (Å²) in [5.41, 5.74) is 5.66. The smallest absolute Gasteiger partial charge is 0.150 e. The summed E-state index contributed by atoms with van der Waals surface area (Å²) >= 11 is 0. The summed E-state index contributed by atoms with van der Waals surface area (Å²) in [5.74, 6) is 0.641. The first-order valence-corrected chi connectivity index (χ1v) is 7.78. The molecule has 0 amide bonds. The number of hydrogen-bond acceptors (Lipinski definition) is 5. The third-order valence-electron chi connectivity index (χ3n) is 2.73. The zero-order valence-electron chi connectivity index (χ0n) is 10.7. The Hall–Kier alpha value is -1.21. The minimum atomic E-state index is -3.07. The van der Waals surface area contributed by atoms with E-state index < -0.39 is 15.9 Å². The molecule has 0 spiro atoms. The fraction of sp³-hybridized carbons (Fsp3) is 0.636. The highest BCUT2D eigenvalue weighted by molar-refractivity contribution is 7.90. The summed E-state index contributed by atoms with van der Waals surface area (Å²) in [7, 11) is -1.21. The molecule has 0 saturated carbocycles. The van der Waals surface area contributed by atoms with Crippen LogP contribution < -0.4 is 5.73 Å². The molecule has 2 N–H and O–H groups in total. The van der Waals surface area contributed by atoms with Crippen molar-refractivity contribution >= 4 is 15.6 Å². The van der Waals surface area contributed by atoms with Gasteiger partial charge in [0, 0.05) is 38.5 Å². The number of nitrogens with zero attached hydrogens (tertiary/aromatic N) is 2. The maximum absolute atomic E-state index is 11.7. The van der Waals surface area contributed by atoms with Gasteiger partial charge in [-0.05, 0) is 6.42 Å². The topological polar surface area (TPSA) is 95.0 Å². The van der Waals surface area contributed by atoms with Crippen molar-refractivity contribution in [1.29, 1.82) is 0 Å². The number of Topliss-reactive ketones (excluding diaryl/α,β-unsaturated/α-hetero) is 1. The lowest BCUT2D eigenvalue weighted by molar-refractivity contribution is -0.120. The van der Waals surface area contributed by atoms with Crippen LogP contribution in [0.2, 0.25) is 0 Å². The number of carbonyl (C=O) groups is 1. The van der Waals surface area contributed by atoms with Gasteiger partial charge in [0.15, 0.2) is 0 Å². The van der Waals surface area contributed by atoms with E-state index in [1.54, 1.807) is 6.20 Å². The molecule has 0 bridgehead atoms. The van der Waals surface area contributed by atoms with Crippen LogP contribution in [0.1, 0.15) is 18.7 Å². The van der Waals surface area contributed by atoms with Gasteiger partial charge in [-0.15, -0.1) is 0 Å². The van der Waals surface area contributed by atoms with E-state index in [1.807, 2.05) is 17.8 Å². The average molecular weight is 273 g/mol. The molecule has 1 unspecified atom stereocenters. The van der Waals surface area contributed by atoms with E-state index in [9.17, 15) is 13.2 Å². The van der Waals surface area contributed by atoms with E-state index in [-0.39, 0.29) is 24.4 Å². The molecule has 1 heterocycles. The molecular formula is C11H19N3O3S. The number of rotatable bonds is 7. The standard InChI is InChI=1S/C11H19N3O3S/c1-14-7-6-13-11(14)4-3-10(15)9(12)5-8-18(2,16)17/h6-7,9H,3-5,8,12H2,1-2H3. The SMILES string of the molecule is Cn1ccnc1CCC(=O)C(N)CCS(C)(=O)=O. The summed E-state index contributed by atoms with van der Waals surface area (Å²) in [6.45, 7) is 0. The summed E-state index contributed by atoms with van der Waals surface area (Å²) < 4.78 is 23.8. The number of nitrogens with two attached hydrogens (primary N) is 1. The van der Waals surface area contributed by atoms with Crippen LogP contribution in [-0.4, -0.2) is 41.8 Å². The van der Waals surface area contributed by atoms with Crippen LogP contribution in [0.5, 0.6) is 0 Å². The van der Waals surface area contributed by atoms with Crippen molar-refractivity contribution < 1.29 is 13.2 Å². The van der Waals surface area contributed by atoms with Crippen LogP contribution in [-0.2, 0) is 28.1 Å². The summed E-state index contributed by atoms with van der Waals surface area (Å²) in [4.78, 5) is 15.8. The predicted molar refractivity (Wildman–Crippen MR) is 68.8 cm³/mol. The minimum absolute atomic E-state index is 0.0533. The van der Waals surface area contributed by atoms with Crippen LogP contribution in [0.25, 0.3) is 0 Å². The lowest BCUT2D eigenvalue weighted by Gasteiger charge is -2.09. The minimum Gasteiger partial charge on any atom is -0.338 e. The van der Waals surface area contributed by atoms with Crippen molar-refractivity contribution in [3.63, 3.8) is 0 Å². The first kappa shape index (κ1) is 14.8. The van der Waals surface area contributed by atoms with Gasteiger partial charge in [-0.3, -0.25) is 4.79 Å². The number of sulfone groups is 1. The Balaban J connectivity index is 2.39. The van der Waals surface area contributed by atoms with Gasteiger partial charge >= 0.3 is 0 Å². The van der Waals surface area contributed by atoms with Gasteiger partial charge in [-0.2, -0.15) is 0 Å². The summed E-state index contributed by atoms with van der Waals surface area (Å²) in [5, 5.41) is 0. The third-order valence-corrected chi connectivity index (χ3v) is 3.71. The van der Waals surface area contributed by atoms with Gasteiger partial charge in [0.05, 0.1) is 11.8 Å². The highest BCUT2D eigenvalue weighted by Gasteiger charge is 2.16. The van der Waals surface area contributed by atoms with E-state index in [2.05, 4.69) is 4.98 Å². The van der Waals surface area contributed by atoms with Crippen molar-refractivity contribution in [2.45, 2.75) is 25.3 Å². The molecule has 1 atom stereocenters. The Labute approximate surface area is 107 Å². The molecule has 1 aromatic rings. The Morgan fingerprint density at radius 2 is 2.22 bits per heavy atom. The molecule has 0 fully saturated rings. The van der Waals surface area contributed by atoms with Crippen molar-refractivity contribution in [2.24, 2.45) is 12.8 Å². The fourth-order valence-corrected chi connectivity index (χ4v) is 2.24. The molecule has 1 aromatic heterocycles. The van der Waals surface area contributed by atoms with E-state index >= 15 is 0 Å². The van der Waals surface area contributed by atoms with Crippen molar-refractivity contribution in [3.05, 3.63) is 18.2 Å². The molecule has 0 aliphatic rings. The molecule has 0 aliphatic carbocycles. The second kappa shape index (κ2) is 6.10. The first-order chi connectivity index (χ1) is 8.29. The van der Waals surface area contributed by atoms with Crippen LogP contribution in [0.15, 0.2) is 12.4 Å². The Morgan fingerprint density at radius 3 is 2.72 bits per heavy atom. The van der Waals surface area contributed by atoms with Crippen molar-refractivity contribution in [1.82, 2.24) is 9.55 Å². The maximum Gasteiger partial charge on any atom is 0.150 e. The third kappa shape index (κ3) is 4.97. The Bertz CT molecular complexity index is 507. The molecule has 18 heavy (non-hydrogen) atoms. The molecule has 0 aromatic carbocycles. The van der Waals surface area contributed by atoms with E-state index in [4.69, 9.17) is 5.73 Å². The maximum atomic E-state index is 11.7. The Morgan fingerprint density at radius 1 is 1.56 bits per heavy atom. The monoisotopic (exact) mass is 273 g/mol. The number of imidazole rings is 1. The lowest BCUT2D eigenvalue weighted by atomic mass is 10.1. The van der Waals surface area contributed by atoms with Crippen molar-refractivity contribution in [2.75, 3.05) is 12.0 Å². The first-order valence-electron chi connectivity index (χ1n) is 5.72. The molecular weight excluding hydrogens is 254 g/mol. The normalized spacial score (nSPS) is 13.5. The molecule has 7 heteroatoms. The number of hydrogen-bond donors (Lipinski definition) is 1. The fourth-order valence-electron chi connectivity index (χ4n) is 1.56. The number of aromatic nitrogens is 2. The lowest BCUT2D eigenvalue weighted by Crippen LogP contribution is -2.32. The molecule has 1 rings (SSSR count). The van der Waals surface area contributed by atoms with Gasteiger partial charge in [0.2, 0.25) is 0 Å². The van der Waals surface area contributed by atoms with Crippen LogP contribution in [0.4, 0.5) is 0 Å². The molecule has 0 saturated heterocycles. The summed E-state index contributed by atoms with van der Waals surface area (Å²) in [6.07, 6.45) is 5.60. The van der Waals surface area contributed by atoms with E-state index in [0.29, 0.717) is 6.42 Å².